The van der Waals surface area contributed by atoms with Gasteiger partial charge < -0.3 is 4.90 Å². The van der Waals surface area contributed by atoms with Gasteiger partial charge in [-0.05, 0) is 33.2 Å². The zero-order valence-corrected chi connectivity index (χ0v) is 14.1. The molecule has 6 heteroatoms. The van der Waals surface area contributed by atoms with E-state index in [4.69, 9.17) is 0 Å². The van der Waals surface area contributed by atoms with E-state index in [0.717, 1.165) is 19.4 Å². The van der Waals surface area contributed by atoms with E-state index in [-0.39, 0.29) is 23.5 Å². The Bertz CT molecular complexity index is 458. The van der Waals surface area contributed by atoms with Crippen molar-refractivity contribution in [3.63, 3.8) is 0 Å². The second-order valence-corrected chi connectivity index (χ2v) is 8.67. The minimum atomic E-state index is -2.89. The highest BCUT2D eigenvalue weighted by Gasteiger charge is 2.32. The molecule has 1 saturated heterocycles. The molecule has 0 aromatic rings. The van der Waals surface area contributed by atoms with Gasteiger partial charge in [-0.2, -0.15) is 0 Å². The lowest BCUT2D eigenvalue weighted by Gasteiger charge is -2.35. The minimum Gasteiger partial charge on any atom is -0.339 e. The number of likely N-dealkylation sites (N-methyl/N-ethyl adjacent to an activating group) is 2. The van der Waals surface area contributed by atoms with Gasteiger partial charge in [0.25, 0.3) is 0 Å². The Morgan fingerprint density at radius 1 is 1.10 bits per heavy atom. The highest BCUT2D eigenvalue weighted by Crippen LogP contribution is 2.23. The lowest BCUT2D eigenvalue weighted by Crippen LogP contribution is -2.47. The molecule has 1 saturated carbocycles. The van der Waals surface area contributed by atoms with Gasteiger partial charge in [0, 0.05) is 18.6 Å². The van der Waals surface area contributed by atoms with E-state index < -0.39 is 9.84 Å². The number of sulfone groups is 1. The SMILES string of the molecule is CCN(C(=O)CN(C)C1CCS(=O)(=O)C1)C1CCCCC1. The van der Waals surface area contributed by atoms with Gasteiger partial charge in [-0.25, -0.2) is 8.42 Å². The number of amides is 1. The van der Waals surface area contributed by atoms with E-state index >= 15 is 0 Å². The number of hydrogen-bond donors (Lipinski definition) is 0. The first kappa shape index (κ1) is 16.7. The molecule has 1 aliphatic carbocycles. The first-order valence-corrected chi connectivity index (χ1v) is 9.95. The first-order chi connectivity index (χ1) is 9.93. The molecule has 1 heterocycles. The monoisotopic (exact) mass is 316 g/mol. The number of hydrogen-bond acceptors (Lipinski definition) is 4. The minimum absolute atomic E-state index is 0.00371. The maximum atomic E-state index is 12.5. The van der Waals surface area contributed by atoms with Crippen molar-refractivity contribution < 1.29 is 13.2 Å². The van der Waals surface area contributed by atoms with Crippen LogP contribution in [0.1, 0.15) is 45.4 Å². The number of carbonyl (C=O) groups is 1. The van der Waals surface area contributed by atoms with Crippen LogP contribution in [0.5, 0.6) is 0 Å². The van der Waals surface area contributed by atoms with Crippen LogP contribution in [0, 0.1) is 0 Å². The quantitative estimate of drug-likeness (QED) is 0.767. The van der Waals surface area contributed by atoms with E-state index in [0.29, 0.717) is 19.0 Å². The zero-order valence-electron chi connectivity index (χ0n) is 13.3. The topological polar surface area (TPSA) is 57.7 Å². The number of nitrogens with zero attached hydrogens (tertiary/aromatic N) is 2. The molecule has 0 radical (unpaired) electrons. The Kier molecular flexibility index (Phi) is 5.66. The van der Waals surface area contributed by atoms with Crippen LogP contribution >= 0.6 is 0 Å². The van der Waals surface area contributed by atoms with Crippen LogP contribution in [0.4, 0.5) is 0 Å². The Balaban J connectivity index is 1.89. The van der Waals surface area contributed by atoms with E-state index in [2.05, 4.69) is 0 Å². The van der Waals surface area contributed by atoms with Crippen LogP contribution < -0.4 is 0 Å². The maximum absolute atomic E-state index is 12.5. The Hall–Kier alpha value is -0.620. The molecule has 0 bridgehead atoms. The van der Waals surface area contributed by atoms with Gasteiger partial charge in [0.05, 0.1) is 18.1 Å². The maximum Gasteiger partial charge on any atom is 0.236 e. The third kappa shape index (κ3) is 4.42. The molecular weight excluding hydrogens is 288 g/mol. The summed E-state index contributed by atoms with van der Waals surface area (Å²) in [6.45, 7) is 3.12. The summed E-state index contributed by atoms with van der Waals surface area (Å²) in [6.07, 6.45) is 6.59. The number of carbonyl (C=O) groups excluding carboxylic acids is 1. The van der Waals surface area contributed by atoms with E-state index in [1.54, 1.807) is 0 Å². The molecular formula is C15H28N2O3S. The summed E-state index contributed by atoms with van der Waals surface area (Å²) < 4.78 is 23.1. The summed E-state index contributed by atoms with van der Waals surface area (Å²) in [5, 5.41) is 0. The highest BCUT2D eigenvalue weighted by molar-refractivity contribution is 7.91. The predicted octanol–water partition coefficient (Wildman–Crippen LogP) is 1.29. The summed E-state index contributed by atoms with van der Waals surface area (Å²) in [4.78, 5) is 16.5. The summed E-state index contributed by atoms with van der Waals surface area (Å²) >= 11 is 0. The lowest BCUT2D eigenvalue weighted by molar-refractivity contribution is -0.135. The van der Waals surface area contributed by atoms with Gasteiger partial charge in [-0.1, -0.05) is 19.3 Å². The second kappa shape index (κ2) is 7.09. The molecule has 0 aromatic heterocycles. The van der Waals surface area contributed by atoms with Crippen LogP contribution in [0.15, 0.2) is 0 Å². The molecule has 2 fully saturated rings. The van der Waals surface area contributed by atoms with Crippen LogP contribution in [-0.2, 0) is 14.6 Å². The van der Waals surface area contributed by atoms with Crippen molar-refractivity contribution >= 4 is 15.7 Å². The van der Waals surface area contributed by atoms with Crippen molar-refractivity contribution in [2.75, 3.05) is 31.6 Å². The molecule has 0 aromatic carbocycles. The van der Waals surface area contributed by atoms with Gasteiger partial charge in [0.2, 0.25) is 5.91 Å². The number of rotatable bonds is 5. The van der Waals surface area contributed by atoms with Crippen LogP contribution in [0.25, 0.3) is 0 Å². The molecule has 2 rings (SSSR count). The van der Waals surface area contributed by atoms with Crippen molar-refractivity contribution in [3.05, 3.63) is 0 Å². The third-order valence-electron chi connectivity index (χ3n) is 4.89. The smallest absolute Gasteiger partial charge is 0.236 e. The molecule has 1 atom stereocenters. The highest BCUT2D eigenvalue weighted by atomic mass is 32.2. The largest absolute Gasteiger partial charge is 0.339 e. The van der Waals surface area contributed by atoms with Crippen molar-refractivity contribution in [2.24, 2.45) is 0 Å². The fourth-order valence-corrected chi connectivity index (χ4v) is 5.39. The Morgan fingerprint density at radius 3 is 2.29 bits per heavy atom. The first-order valence-electron chi connectivity index (χ1n) is 8.13. The predicted molar refractivity (Wildman–Crippen MR) is 83.9 cm³/mol. The van der Waals surface area contributed by atoms with Crippen molar-refractivity contribution in [3.8, 4) is 0 Å². The summed E-state index contributed by atoms with van der Waals surface area (Å²) in [6, 6.07) is 0.390. The van der Waals surface area contributed by atoms with Gasteiger partial charge in [0.1, 0.15) is 0 Å². The molecule has 122 valence electrons. The second-order valence-electron chi connectivity index (χ2n) is 6.44. The molecule has 5 nitrogen and oxygen atoms in total. The van der Waals surface area contributed by atoms with Gasteiger partial charge in [-0.3, -0.25) is 9.69 Å². The van der Waals surface area contributed by atoms with E-state index in [1.165, 1.54) is 19.3 Å². The molecule has 0 spiro atoms. The molecule has 1 amide bonds. The van der Waals surface area contributed by atoms with Gasteiger partial charge in [0.15, 0.2) is 9.84 Å². The zero-order chi connectivity index (χ0) is 15.5. The van der Waals surface area contributed by atoms with Crippen LogP contribution in [0.2, 0.25) is 0 Å². The fraction of sp³-hybridized carbons (Fsp3) is 0.933. The summed E-state index contributed by atoms with van der Waals surface area (Å²) in [7, 11) is -1.02. The Morgan fingerprint density at radius 2 is 1.76 bits per heavy atom. The van der Waals surface area contributed by atoms with Crippen LogP contribution in [0.3, 0.4) is 0 Å². The lowest BCUT2D eigenvalue weighted by atomic mass is 9.94. The summed E-state index contributed by atoms with van der Waals surface area (Å²) in [5.74, 6) is 0.610. The van der Waals surface area contributed by atoms with E-state index in [1.807, 2.05) is 23.8 Å². The molecule has 2 aliphatic rings. The fourth-order valence-electron chi connectivity index (χ4n) is 3.59. The third-order valence-corrected chi connectivity index (χ3v) is 6.64. The van der Waals surface area contributed by atoms with Crippen molar-refractivity contribution in [1.29, 1.82) is 0 Å². The molecule has 0 N–H and O–H groups in total. The average Bonchev–Trinajstić information content (AvgIpc) is 2.81. The average molecular weight is 316 g/mol. The molecule has 21 heavy (non-hydrogen) atoms. The Labute approximate surface area is 128 Å². The molecule has 1 unspecified atom stereocenters. The van der Waals surface area contributed by atoms with Crippen molar-refractivity contribution in [1.82, 2.24) is 9.80 Å². The standard InChI is InChI=1S/C15H28N2O3S/c1-3-17(13-7-5-4-6-8-13)15(18)11-16(2)14-9-10-21(19,20)12-14/h13-14H,3-12H2,1-2H3. The van der Waals surface area contributed by atoms with Crippen molar-refractivity contribution in [2.45, 2.75) is 57.5 Å². The van der Waals surface area contributed by atoms with Crippen LogP contribution in [-0.4, -0.2) is 67.9 Å². The molecule has 1 aliphatic heterocycles. The normalized spacial score (nSPS) is 26.1. The van der Waals surface area contributed by atoms with E-state index in [9.17, 15) is 13.2 Å². The van der Waals surface area contributed by atoms with Gasteiger partial charge in [-0.15, -0.1) is 0 Å². The summed E-state index contributed by atoms with van der Waals surface area (Å²) in [5.41, 5.74) is 0. The van der Waals surface area contributed by atoms with Gasteiger partial charge >= 0.3 is 0 Å².